The number of nitrogens with one attached hydrogen (secondary N) is 1. The molecule has 0 spiro atoms. The lowest BCUT2D eigenvalue weighted by Gasteiger charge is -2.16. The Bertz CT molecular complexity index is 632. The Morgan fingerprint density at radius 3 is 2.57 bits per heavy atom. The quantitative estimate of drug-likeness (QED) is 0.824. The first-order valence-corrected chi connectivity index (χ1v) is 7.97. The summed E-state index contributed by atoms with van der Waals surface area (Å²) in [4.78, 5) is 12.5. The molecule has 1 fully saturated rings. The topological polar surface area (TPSA) is 38.3 Å². The van der Waals surface area contributed by atoms with Crippen molar-refractivity contribution in [3.63, 3.8) is 0 Å². The van der Waals surface area contributed by atoms with Crippen LogP contribution in [0.5, 0.6) is 5.75 Å². The third kappa shape index (κ3) is 3.57. The van der Waals surface area contributed by atoms with Crippen LogP contribution >= 0.6 is 0 Å². The molecule has 1 N–H and O–H groups in total. The number of halogens is 1. The minimum Gasteiger partial charge on any atom is -0.494 e. The van der Waals surface area contributed by atoms with E-state index in [-0.39, 0.29) is 34.9 Å². The predicted molar refractivity (Wildman–Crippen MR) is 89.7 cm³/mol. The molecule has 0 heterocycles. The minimum atomic E-state index is -0.416. The predicted octanol–water partition coefficient (Wildman–Crippen LogP) is 4.25. The van der Waals surface area contributed by atoms with Crippen molar-refractivity contribution in [3.05, 3.63) is 41.2 Å². The fourth-order valence-corrected chi connectivity index (χ4v) is 3.19. The molecule has 0 aromatic heterocycles. The van der Waals surface area contributed by atoms with Crippen molar-refractivity contribution in [1.82, 2.24) is 5.32 Å². The zero-order chi connectivity index (χ0) is 17.4. The lowest BCUT2D eigenvalue weighted by atomic mass is 10.1. The van der Waals surface area contributed by atoms with Gasteiger partial charge in [-0.1, -0.05) is 31.6 Å². The van der Waals surface area contributed by atoms with Crippen molar-refractivity contribution >= 4 is 5.91 Å². The van der Waals surface area contributed by atoms with E-state index in [9.17, 15) is 9.18 Å². The van der Waals surface area contributed by atoms with E-state index in [1.54, 1.807) is 12.1 Å². The highest BCUT2D eigenvalue weighted by atomic mass is 19.1. The first-order chi connectivity index (χ1) is 10.7. The Labute approximate surface area is 137 Å². The lowest BCUT2D eigenvalue weighted by molar-refractivity contribution is -0.123. The van der Waals surface area contributed by atoms with Gasteiger partial charge in [-0.3, -0.25) is 4.79 Å². The minimum absolute atomic E-state index is 0.0216. The molecule has 3 unspecified atom stereocenters. The summed E-state index contributed by atoms with van der Waals surface area (Å²) >= 11 is 0. The van der Waals surface area contributed by atoms with Gasteiger partial charge in [-0.15, -0.1) is 0 Å². The van der Waals surface area contributed by atoms with Crippen molar-refractivity contribution in [3.8, 4) is 5.75 Å². The Morgan fingerprint density at radius 1 is 1.39 bits per heavy atom. The number of allylic oxidation sites excluding steroid dienone is 2. The maximum Gasteiger partial charge on any atom is 0.224 e. The van der Waals surface area contributed by atoms with Crippen molar-refractivity contribution < 1.29 is 13.9 Å². The molecular weight excluding hydrogens is 293 g/mol. The van der Waals surface area contributed by atoms with Crippen LogP contribution in [0.3, 0.4) is 0 Å². The highest BCUT2D eigenvalue weighted by Gasteiger charge is 2.60. The van der Waals surface area contributed by atoms with E-state index in [1.807, 2.05) is 20.8 Å². The molecule has 2 rings (SSSR count). The summed E-state index contributed by atoms with van der Waals surface area (Å²) < 4.78 is 18.7. The summed E-state index contributed by atoms with van der Waals surface area (Å²) in [6, 6.07) is 4.53. The second-order valence-corrected chi connectivity index (χ2v) is 7.19. The van der Waals surface area contributed by atoms with Gasteiger partial charge in [0.1, 0.15) is 0 Å². The number of amides is 1. The largest absolute Gasteiger partial charge is 0.494 e. The highest BCUT2D eigenvalue weighted by Crippen LogP contribution is 2.59. The summed E-state index contributed by atoms with van der Waals surface area (Å²) in [5.74, 6) is 0.0657. The number of rotatable bonds is 5. The van der Waals surface area contributed by atoms with E-state index in [0.717, 1.165) is 5.56 Å². The molecular formula is C19H26FNO2. The monoisotopic (exact) mass is 319 g/mol. The maximum atomic E-state index is 13.8. The van der Waals surface area contributed by atoms with Gasteiger partial charge in [-0.05, 0) is 49.8 Å². The van der Waals surface area contributed by atoms with Crippen LogP contribution in [-0.2, 0) is 4.79 Å². The summed E-state index contributed by atoms with van der Waals surface area (Å²) in [5, 5.41) is 3.01. The van der Waals surface area contributed by atoms with E-state index in [0.29, 0.717) is 0 Å². The summed E-state index contributed by atoms with van der Waals surface area (Å²) in [6.07, 6.45) is 2.17. The Morgan fingerprint density at radius 2 is 2.04 bits per heavy atom. The van der Waals surface area contributed by atoms with Crippen LogP contribution < -0.4 is 10.1 Å². The second-order valence-electron chi connectivity index (χ2n) is 7.19. The summed E-state index contributed by atoms with van der Waals surface area (Å²) in [7, 11) is 1.43. The van der Waals surface area contributed by atoms with Crippen molar-refractivity contribution in [2.24, 2.45) is 17.3 Å². The van der Waals surface area contributed by atoms with Crippen LogP contribution in [0, 0.1) is 23.1 Å². The standard InChI is InChI=1S/C19H26FNO2/c1-11(2)9-14-17(19(14,4)5)18(22)21-12(3)13-7-8-16(23-6)15(20)10-13/h7-10,12,14,17H,1-6H3,(H,21,22). The van der Waals surface area contributed by atoms with Crippen LogP contribution in [0.2, 0.25) is 0 Å². The maximum absolute atomic E-state index is 13.8. The van der Waals surface area contributed by atoms with Crippen LogP contribution in [-0.4, -0.2) is 13.0 Å². The number of hydrogen-bond donors (Lipinski definition) is 1. The average Bonchev–Trinajstić information content (AvgIpc) is 2.98. The van der Waals surface area contributed by atoms with Gasteiger partial charge in [-0.2, -0.15) is 0 Å². The van der Waals surface area contributed by atoms with Crippen LogP contribution in [0.1, 0.15) is 46.2 Å². The molecule has 1 aromatic rings. The number of carbonyl (C=O) groups excluding carboxylic acids is 1. The fourth-order valence-electron chi connectivity index (χ4n) is 3.19. The zero-order valence-electron chi connectivity index (χ0n) is 14.7. The van der Waals surface area contributed by atoms with E-state index >= 15 is 0 Å². The molecule has 0 radical (unpaired) electrons. The number of hydrogen-bond acceptors (Lipinski definition) is 2. The molecule has 1 aliphatic carbocycles. The van der Waals surface area contributed by atoms with E-state index in [2.05, 4.69) is 25.2 Å². The van der Waals surface area contributed by atoms with E-state index in [1.165, 1.54) is 18.7 Å². The van der Waals surface area contributed by atoms with Gasteiger partial charge < -0.3 is 10.1 Å². The highest BCUT2D eigenvalue weighted by molar-refractivity contribution is 5.84. The van der Waals surface area contributed by atoms with Gasteiger partial charge in [-0.25, -0.2) is 4.39 Å². The summed E-state index contributed by atoms with van der Waals surface area (Å²) in [6.45, 7) is 10.2. The molecule has 1 saturated carbocycles. The summed E-state index contributed by atoms with van der Waals surface area (Å²) in [5.41, 5.74) is 1.93. The molecule has 1 aliphatic rings. The zero-order valence-corrected chi connectivity index (χ0v) is 14.7. The number of benzene rings is 1. The van der Waals surface area contributed by atoms with Gasteiger partial charge in [0, 0.05) is 0 Å². The number of methoxy groups -OCH3 is 1. The molecule has 1 aromatic carbocycles. The van der Waals surface area contributed by atoms with Gasteiger partial charge in [0.15, 0.2) is 11.6 Å². The van der Waals surface area contributed by atoms with Gasteiger partial charge in [0.25, 0.3) is 0 Å². The van der Waals surface area contributed by atoms with Crippen molar-refractivity contribution in [1.29, 1.82) is 0 Å². The lowest BCUT2D eigenvalue weighted by Crippen LogP contribution is -2.29. The first kappa shape index (κ1) is 17.5. The second kappa shape index (κ2) is 6.34. The molecule has 0 saturated heterocycles. The number of carbonyl (C=O) groups is 1. The third-order valence-electron chi connectivity index (χ3n) is 4.74. The molecule has 0 bridgehead atoms. The molecule has 126 valence electrons. The smallest absolute Gasteiger partial charge is 0.224 e. The Kier molecular flexibility index (Phi) is 4.83. The number of ether oxygens (including phenoxy) is 1. The average molecular weight is 319 g/mol. The van der Waals surface area contributed by atoms with Gasteiger partial charge >= 0.3 is 0 Å². The molecule has 23 heavy (non-hydrogen) atoms. The first-order valence-electron chi connectivity index (χ1n) is 7.97. The van der Waals surface area contributed by atoms with Crippen LogP contribution in [0.15, 0.2) is 29.8 Å². The van der Waals surface area contributed by atoms with Crippen molar-refractivity contribution in [2.75, 3.05) is 7.11 Å². The van der Waals surface area contributed by atoms with Crippen molar-refractivity contribution in [2.45, 2.75) is 40.7 Å². The van der Waals surface area contributed by atoms with Gasteiger partial charge in [0.2, 0.25) is 5.91 Å². The third-order valence-corrected chi connectivity index (χ3v) is 4.74. The molecule has 3 atom stereocenters. The molecule has 3 nitrogen and oxygen atoms in total. The molecule has 4 heteroatoms. The molecule has 1 amide bonds. The van der Waals surface area contributed by atoms with E-state index < -0.39 is 5.82 Å². The molecule has 0 aliphatic heterocycles. The SMILES string of the molecule is COc1ccc(C(C)NC(=O)C2C(C=C(C)C)C2(C)C)cc1F. The normalized spacial score (nSPS) is 22.9. The van der Waals surface area contributed by atoms with Gasteiger partial charge in [0.05, 0.1) is 19.1 Å². The Hall–Kier alpha value is -1.84. The van der Waals surface area contributed by atoms with Crippen LogP contribution in [0.25, 0.3) is 0 Å². The van der Waals surface area contributed by atoms with Crippen LogP contribution in [0.4, 0.5) is 4.39 Å². The van der Waals surface area contributed by atoms with E-state index in [4.69, 9.17) is 4.74 Å². The Balaban J connectivity index is 2.06. The fraction of sp³-hybridized carbons (Fsp3) is 0.526.